The summed E-state index contributed by atoms with van der Waals surface area (Å²) in [5.74, 6) is 0.907. The second-order valence-electron chi connectivity index (χ2n) is 4.34. The molecule has 0 saturated heterocycles. The molecule has 2 atom stereocenters. The highest BCUT2D eigenvalue weighted by Crippen LogP contribution is 2.34. The van der Waals surface area contributed by atoms with E-state index in [4.69, 9.17) is 0 Å². The summed E-state index contributed by atoms with van der Waals surface area (Å²) in [5.41, 5.74) is 0. The molecule has 1 saturated carbocycles. The minimum atomic E-state index is 0.628. The van der Waals surface area contributed by atoms with Crippen molar-refractivity contribution >= 4 is 38.5 Å². The Hall–Kier alpha value is 0.420. The molecular formula is C11H16BrIN2. The van der Waals surface area contributed by atoms with Crippen LogP contribution in [0, 0.1) is 9.62 Å². The predicted molar refractivity (Wildman–Crippen MR) is 73.9 cm³/mol. The minimum absolute atomic E-state index is 0.628. The minimum Gasteiger partial charge on any atom is -0.267 e. The van der Waals surface area contributed by atoms with Crippen molar-refractivity contribution in [1.29, 1.82) is 0 Å². The number of halogens is 2. The smallest absolute Gasteiger partial charge is 0.137 e. The van der Waals surface area contributed by atoms with E-state index in [9.17, 15) is 0 Å². The molecule has 0 aliphatic heterocycles. The van der Waals surface area contributed by atoms with Crippen LogP contribution in [0.3, 0.4) is 0 Å². The molecular weight excluding hydrogens is 367 g/mol. The van der Waals surface area contributed by atoms with Gasteiger partial charge in [-0.2, -0.15) is 5.10 Å². The van der Waals surface area contributed by atoms with Gasteiger partial charge in [-0.25, -0.2) is 0 Å². The Morgan fingerprint density at radius 1 is 1.60 bits per heavy atom. The van der Waals surface area contributed by atoms with E-state index in [0.717, 1.165) is 14.1 Å². The molecule has 1 aromatic heterocycles. The zero-order valence-corrected chi connectivity index (χ0v) is 12.7. The van der Waals surface area contributed by atoms with E-state index in [2.05, 4.69) is 61.4 Å². The van der Waals surface area contributed by atoms with Crippen molar-refractivity contribution in [1.82, 2.24) is 9.78 Å². The van der Waals surface area contributed by atoms with Crippen LogP contribution < -0.4 is 0 Å². The van der Waals surface area contributed by atoms with Gasteiger partial charge in [0.05, 0.1) is 10.5 Å². The van der Waals surface area contributed by atoms with Gasteiger partial charge in [-0.1, -0.05) is 26.2 Å². The first-order chi connectivity index (χ1) is 7.20. The summed E-state index contributed by atoms with van der Waals surface area (Å²) >= 11 is 5.80. The Morgan fingerprint density at radius 3 is 3.00 bits per heavy atom. The Bertz CT molecular complexity index is 318. The summed E-state index contributed by atoms with van der Waals surface area (Å²) in [6, 6.07) is 0.628. The van der Waals surface area contributed by atoms with E-state index in [-0.39, 0.29) is 0 Å². The van der Waals surface area contributed by atoms with Crippen molar-refractivity contribution in [2.45, 2.75) is 45.1 Å². The summed E-state index contributed by atoms with van der Waals surface area (Å²) < 4.78 is 4.36. The monoisotopic (exact) mass is 382 g/mol. The van der Waals surface area contributed by atoms with Crippen molar-refractivity contribution in [3.8, 4) is 0 Å². The van der Waals surface area contributed by atoms with Gasteiger partial charge in [0.25, 0.3) is 0 Å². The van der Waals surface area contributed by atoms with E-state index in [1.165, 1.54) is 32.1 Å². The van der Waals surface area contributed by atoms with Crippen LogP contribution in [0.2, 0.25) is 0 Å². The van der Waals surface area contributed by atoms with Gasteiger partial charge in [0.15, 0.2) is 0 Å². The van der Waals surface area contributed by atoms with Gasteiger partial charge in [0.2, 0.25) is 0 Å². The Labute approximate surface area is 113 Å². The molecule has 2 rings (SSSR count). The first kappa shape index (κ1) is 11.9. The number of hydrogen-bond donors (Lipinski definition) is 0. The zero-order valence-electron chi connectivity index (χ0n) is 8.92. The van der Waals surface area contributed by atoms with Crippen LogP contribution in [0.4, 0.5) is 0 Å². The molecule has 1 aliphatic rings. The lowest BCUT2D eigenvalue weighted by molar-refractivity contribution is 0.247. The molecule has 1 heterocycles. The van der Waals surface area contributed by atoms with Crippen LogP contribution in [0.1, 0.15) is 45.1 Å². The molecule has 15 heavy (non-hydrogen) atoms. The Balaban J connectivity index is 2.09. The largest absolute Gasteiger partial charge is 0.267 e. The van der Waals surface area contributed by atoms with Crippen LogP contribution in [-0.2, 0) is 0 Å². The fourth-order valence-corrected chi connectivity index (χ4v) is 3.09. The highest BCUT2D eigenvalue weighted by Gasteiger charge is 2.23. The average Bonchev–Trinajstić information content (AvgIpc) is 2.59. The maximum Gasteiger partial charge on any atom is 0.137 e. The van der Waals surface area contributed by atoms with Crippen molar-refractivity contribution in [2.75, 3.05) is 0 Å². The van der Waals surface area contributed by atoms with Gasteiger partial charge in [-0.15, -0.1) is 0 Å². The summed E-state index contributed by atoms with van der Waals surface area (Å²) in [7, 11) is 0. The van der Waals surface area contributed by atoms with E-state index < -0.39 is 0 Å². The van der Waals surface area contributed by atoms with Crippen molar-refractivity contribution in [3.63, 3.8) is 0 Å². The first-order valence-corrected chi connectivity index (χ1v) is 7.48. The fourth-order valence-electron chi connectivity index (χ4n) is 2.41. The third kappa shape index (κ3) is 2.75. The quantitative estimate of drug-likeness (QED) is 0.693. The Kier molecular flexibility index (Phi) is 4.10. The molecule has 1 fully saturated rings. The Morgan fingerprint density at radius 2 is 2.40 bits per heavy atom. The highest BCUT2D eigenvalue weighted by atomic mass is 127. The normalized spacial score (nSPS) is 26.9. The number of aromatic nitrogens is 2. The topological polar surface area (TPSA) is 17.8 Å². The standard InChI is InChI=1S/C11H16BrIN2/c1-2-8-4-3-5-9(6-8)15-7-10(12)11(13)14-15/h7-9H,2-6H2,1H3. The molecule has 2 unspecified atom stereocenters. The van der Waals surface area contributed by atoms with Crippen LogP contribution >= 0.6 is 38.5 Å². The molecule has 1 aromatic rings. The summed E-state index contributed by atoms with van der Waals surface area (Å²) in [6.07, 6.45) is 8.81. The first-order valence-electron chi connectivity index (χ1n) is 5.60. The van der Waals surface area contributed by atoms with Crippen molar-refractivity contribution < 1.29 is 0 Å². The maximum absolute atomic E-state index is 4.56. The number of hydrogen-bond acceptors (Lipinski definition) is 1. The molecule has 0 bridgehead atoms. The van der Waals surface area contributed by atoms with Crippen LogP contribution in [0.25, 0.3) is 0 Å². The molecule has 2 nitrogen and oxygen atoms in total. The molecule has 0 amide bonds. The molecule has 0 radical (unpaired) electrons. The van der Waals surface area contributed by atoms with E-state index in [1.807, 2.05) is 0 Å². The number of rotatable bonds is 2. The molecule has 0 spiro atoms. The second-order valence-corrected chi connectivity index (χ2v) is 6.22. The van der Waals surface area contributed by atoms with Crippen molar-refractivity contribution in [3.05, 3.63) is 14.4 Å². The van der Waals surface area contributed by atoms with Crippen LogP contribution in [0.15, 0.2) is 10.7 Å². The molecule has 4 heteroatoms. The third-order valence-electron chi connectivity index (χ3n) is 3.35. The maximum atomic E-state index is 4.56. The second kappa shape index (κ2) is 5.17. The fraction of sp³-hybridized carbons (Fsp3) is 0.727. The molecule has 0 aromatic carbocycles. The predicted octanol–water partition coefficient (Wildman–Crippen LogP) is 4.39. The lowest BCUT2D eigenvalue weighted by Crippen LogP contribution is -2.19. The van der Waals surface area contributed by atoms with Crippen LogP contribution in [0.5, 0.6) is 0 Å². The molecule has 84 valence electrons. The summed E-state index contributed by atoms with van der Waals surface area (Å²) in [6.45, 7) is 2.30. The lowest BCUT2D eigenvalue weighted by atomic mass is 9.84. The van der Waals surface area contributed by atoms with Gasteiger partial charge in [-0.3, -0.25) is 4.68 Å². The van der Waals surface area contributed by atoms with E-state index >= 15 is 0 Å². The van der Waals surface area contributed by atoms with Crippen molar-refractivity contribution in [2.24, 2.45) is 5.92 Å². The lowest BCUT2D eigenvalue weighted by Gasteiger charge is -2.28. The average molecular weight is 383 g/mol. The summed E-state index contributed by atoms with van der Waals surface area (Å²) in [5, 5.41) is 4.56. The molecule has 0 N–H and O–H groups in total. The van der Waals surface area contributed by atoms with E-state index in [1.54, 1.807) is 0 Å². The SMILES string of the molecule is CCC1CCCC(n2cc(Br)c(I)n2)C1. The van der Waals surface area contributed by atoms with Gasteiger partial charge in [-0.05, 0) is 57.3 Å². The number of nitrogens with zero attached hydrogens (tertiary/aromatic N) is 2. The third-order valence-corrected chi connectivity index (χ3v) is 5.47. The summed E-state index contributed by atoms with van der Waals surface area (Å²) in [4.78, 5) is 0. The van der Waals surface area contributed by atoms with E-state index in [0.29, 0.717) is 6.04 Å². The van der Waals surface area contributed by atoms with Gasteiger partial charge in [0, 0.05) is 6.20 Å². The highest BCUT2D eigenvalue weighted by molar-refractivity contribution is 14.1. The van der Waals surface area contributed by atoms with Gasteiger partial charge >= 0.3 is 0 Å². The van der Waals surface area contributed by atoms with Crippen LogP contribution in [-0.4, -0.2) is 9.78 Å². The van der Waals surface area contributed by atoms with Gasteiger partial charge in [0.1, 0.15) is 3.70 Å². The molecule has 1 aliphatic carbocycles. The van der Waals surface area contributed by atoms with Gasteiger partial charge < -0.3 is 0 Å². The zero-order chi connectivity index (χ0) is 10.8.